The van der Waals surface area contributed by atoms with Crippen molar-refractivity contribution in [3.63, 3.8) is 0 Å². The topological polar surface area (TPSA) is 257 Å². The first kappa shape index (κ1) is 55.2. The first-order chi connectivity index (χ1) is 34.5. The molecule has 4 heterocycles. The number of ether oxygens (including phenoxy) is 11. The Hall–Kier alpha value is -2.54. The van der Waals surface area contributed by atoms with Crippen LogP contribution in [0.2, 0.25) is 0 Å². The van der Waals surface area contributed by atoms with E-state index in [4.69, 9.17) is 52.1 Å². The number of carbonyl (C=O) groups is 2. The maximum Gasteiger partial charge on any atom is 0.338 e. The molecule has 410 valence electrons. The van der Waals surface area contributed by atoms with Crippen LogP contribution in [0, 0.1) is 16.7 Å². The Balaban J connectivity index is 0.795. The van der Waals surface area contributed by atoms with Crippen LogP contribution in [0.4, 0.5) is 0 Å². The first-order valence-corrected chi connectivity index (χ1v) is 26.5. The van der Waals surface area contributed by atoms with Gasteiger partial charge in [0.05, 0.1) is 65.9 Å². The van der Waals surface area contributed by atoms with Crippen LogP contribution in [0.15, 0.2) is 42.0 Å². The van der Waals surface area contributed by atoms with Gasteiger partial charge in [-0.05, 0) is 104 Å². The van der Waals surface area contributed by atoms with Crippen molar-refractivity contribution < 1.29 is 92.3 Å². The highest BCUT2D eigenvalue weighted by Crippen LogP contribution is 2.71. The number of hydrogen-bond acceptors (Lipinski definition) is 19. The molecule has 4 saturated heterocycles. The van der Waals surface area contributed by atoms with Gasteiger partial charge in [-0.1, -0.05) is 36.8 Å². The summed E-state index contributed by atoms with van der Waals surface area (Å²) in [5.41, 5.74) is -6.83. The lowest BCUT2D eigenvalue weighted by atomic mass is 9.42. The SMILES string of the molecule is CO[C@@H]1C[C@H](O[C@H]2[C@H](O)C[C@H](O[C@@H]3[C@@H](C)O[C@@H](O[C@H]4[C@@H](O)C[C@H](O[C@H]5CC[C@@]6(C)C(=CC[C@]7(O)[C@@H]6C[C@@H](OC(=O)c6ccccc6)[C@@]6(C)[C@]7(O)CC[C@@]6(O)C(C)=O)C5)O[C@@H]4C)C[C@H]3OC)O[C@@H]2C)O[C@H](C)[C@H]1O. The second kappa shape index (κ2) is 21.0. The van der Waals surface area contributed by atoms with E-state index in [1.165, 1.54) is 14.0 Å². The molecule has 3 saturated carbocycles. The number of Topliss-reactive ketones (excluding diaryl/α,β-unsaturated/α-hetero) is 1. The first-order valence-electron chi connectivity index (χ1n) is 26.5. The van der Waals surface area contributed by atoms with Gasteiger partial charge in [0, 0.05) is 45.8 Å². The van der Waals surface area contributed by atoms with E-state index in [0.717, 1.165) is 5.57 Å². The van der Waals surface area contributed by atoms with Crippen LogP contribution >= 0.6 is 0 Å². The third-order valence-electron chi connectivity index (χ3n) is 18.8. The quantitative estimate of drug-likeness (QED) is 0.122. The van der Waals surface area contributed by atoms with Crippen LogP contribution in [0.3, 0.4) is 0 Å². The van der Waals surface area contributed by atoms with E-state index in [0.29, 0.717) is 31.2 Å². The predicted octanol–water partition coefficient (Wildman–Crippen LogP) is 3.53. The van der Waals surface area contributed by atoms with Crippen LogP contribution in [-0.4, -0.2) is 184 Å². The Morgan fingerprint density at radius 3 is 1.77 bits per heavy atom. The Kier molecular flexibility index (Phi) is 15.9. The molecule has 73 heavy (non-hydrogen) atoms. The fraction of sp³-hybridized carbons (Fsp3) is 0.815. The maximum atomic E-state index is 13.7. The van der Waals surface area contributed by atoms with Gasteiger partial charge in [0.1, 0.15) is 47.3 Å². The maximum absolute atomic E-state index is 13.7. The summed E-state index contributed by atoms with van der Waals surface area (Å²) in [4.78, 5) is 27.0. The van der Waals surface area contributed by atoms with E-state index in [1.807, 2.05) is 19.9 Å². The summed E-state index contributed by atoms with van der Waals surface area (Å²) in [6, 6.07) is 8.46. The molecule has 24 atom stereocenters. The molecule has 9 rings (SSSR count). The molecule has 4 aliphatic heterocycles. The zero-order chi connectivity index (χ0) is 52.6. The molecular formula is C54H80O19. The van der Waals surface area contributed by atoms with Gasteiger partial charge < -0.3 is 82.7 Å². The molecule has 0 amide bonds. The van der Waals surface area contributed by atoms with E-state index >= 15 is 0 Å². The lowest BCUT2D eigenvalue weighted by Crippen LogP contribution is -2.78. The molecule has 19 heteroatoms. The van der Waals surface area contributed by atoms with Crippen molar-refractivity contribution in [2.75, 3.05) is 14.2 Å². The van der Waals surface area contributed by atoms with Gasteiger partial charge in [0.25, 0.3) is 0 Å². The smallest absolute Gasteiger partial charge is 0.338 e. The molecule has 6 N–H and O–H groups in total. The normalized spacial score (nSPS) is 50.0. The van der Waals surface area contributed by atoms with E-state index in [-0.39, 0.29) is 51.0 Å². The Morgan fingerprint density at radius 2 is 1.19 bits per heavy atom. The highest BCUT2D eigenvalue weighted by Gasteiger charge is 2.81. The van der Waals surface area contributed by atoms with Gasteiger partial charge in [0.2, 0.25) is 0 Å². The molecule has 0 radical (unpaired) electrons. The number of esters is 1. The number of aliphatic hydroxyl groups is 6. The van der Waals surface area contributed by atoms with Crippen LogP contribution in [-0.2, 0) is 56.9 Å². The van der Waals surface area contributed by atoms with Crippen molar-refractivity contribution in [1.82, 2.24) is 0 Å². The molecule has 0 unspecified atom stereocenters. The number of hydrogen-bond donors (Lipinski definition) is 6. The van der Waals surface area contributed by atoms with Gasteiger partial charge in [-0.25, -0.2) is 4.79 Å². The molecular weight excluding hydrogens is 953 g/mol. The second-order valence-corrected chi connectivity index (χ2v) is 22.8. The molecule has 8 aliphatic rings. The van der Waals surface area contributed by atoms with Crippen molar-refractivity contribution in [1.29, 1.82) is 0 Å². The summed E-state index contributed by atoms with van der Waals surface area (Å²) >= 11 is 0. The van der Waals surface area contributed by atoms with Crippen molar-refractivity contribution in [3.05, 3.63) is 47.5 Å². The summed E-state index contributed by atoms with van der Waals surface area (Å²) in [5, 5.41) is 71.1. The van der Waals surface area contributed by atoms with Gasteiger partial charge in [-0.3, -0.25) is 4.79 Å². The van der Waals surface area contributed by atoms with Gasteiger partial charge in [-0.2, -0.15) is 0 Å². The molecule has 1 aromatic rings. The molecule has 0 bridgehead atoms. The predicted molar refractivity (Wildman–Crippen MR) is 256 cm³/mol. The fourth-order valence-electron chi connectivity index (χ4n) is 14.4. The highest BCUT2D eigenvalue weighted by molar-refractivity contribution is 5.90. The lowest BCUT2D eigenvalue weighted by Gasteiger charge is -2.67. The summed E-state index contributed by atoms with van der Waals surface area (Å²) in [6.45, 7) is 12.1. The summed E-state index contributed by atoms with van der Waals surface area (Å²) < 4.78 is 68.0. The van der Waals surface area contributed by atoms with Crippen LogP contribution in [0.5, 0.6) is 0 Å². The van der Waals surface area contributed by atoms with Crippen molar-refractivity contribution in [3.8, 4) is 0 Å². The molecule has 1 aromatic carbocycles. The van der Waals surface area contributed by atoms with Gasteiger partial charge in [0.15, 0.2) is 30.9 Å². The van der Waals surface area contributed by atoms with Crippen LogP contribution in [0.25, 0.3) is 0 Å². The fourth-order valence-corrected chi connectivity index (χ4v) is 14.4. The Morgan fingerprint density at radius 1 is 0.658 bits per heavy atom. The van der Waals surface area contributed by atoms with Gasteiger partial charge in [-0.15, -0.1) is 0 Å². The standard InChI is InChI=1S/C54H80O19/c1-27-45(58)37(63-8)24-43(65-27)71-47-29(3)67-42(23-36(47)57)73-48-30(4)68-44(25-38(48)64-9)72-46-28(2)66-41(22-35(46)56)69-34-16-17-50(6)33(21-34)15-18-53(61)39(50)26-40(70-49(59)32-13-11-10-12-14-32)51(7)52(60,31(5)55)19-20-54(51,53)62/h10-15,27-30,34-48,56-58,60-62H,16-26H2,1-9H3/t27-,28-,29-,30-,34+,35+,36-,37-,38-,39-,40-,41+,42+,43+,44+,45-,46-,47-,48-,50+,51-,52-,53+,54-/m1/s1. The molecule has 7 fully saturated rings. The second-order valence-electron chi connectivity index (χ2n) is 22.8. The zero-order valence-corrected chi connectivity index (χ0v) is 43.7. The Bertz CT molecular complexity index is 2120. The number of rotatable bonds is 13. The molecule has 0 spiro atoms. The number of benzene rings is 1. The third-order valence-corrected chi connectivity index (χ3v) is 18.8. The molecule has 4 aliphatic carbocycles. The third kappa shape index (κ3) is 9.60. The van der Waals surface area contributed by atoms with E-state index < -0.39 is 150 Å². The van der Waals surface area contributed by atoms with Crippen molar-refractivity contribution in [2.45, 2.75) is 247 Å². The van der Waals surface area contributed by atoms with E-state index in [9.17, 15) is 40.2 Å². The highest BCUT2D eigenvalue weighted by atomic mass is 16.8. The monoisotopic (exact) mass is 1030 g/mol. The number of methoxy groups -OCH3 is 2. The average Bonchev–Trinajstić information content (AvgIpc) is 3.58. The molecule has 19 nitrogen and oxygen atoms in total. The lowest BCUT2D eigenvalue weighted by molar-refractivity contribution is -0.345. The van der Waals surface area contributed by atoms with Gasteiger partial charge >= 0.3 is 5.97 Å². The summed E-state index contributed by atoms with van der Waals surface area (Å²) in [6.07, 6.45) is -7.86. The Labute approximate surface area is 428 Å². The summed E-state index contributed by atoms with van der Waals surface area (Å²) in [5.74, 6) is -1.80. The largest absolute Gasteiger partial charge is 0.458 e. The van der Waals surface area contributed by atoms with Crippen LogP contribution < -0.4 is 0 Å². The van der Waals surface area contributed by atoms with Crippen molar-refractivity contribution in [2.24, 2.45) is 16.7 Å². The van der Waals surface area contributed by atoms with Crippen LogP contribution in [0.1, 0.15) is 129 Å². The number of fused-ring (bicyclic) bond motifs is 5. The number of ketones is 1. The molecule has 0 aromatic heterocycles. The summed E-state index contributed by atoms with van der Waals surface area (Å²) in [7, 11) is 3.10. The number of aliphatic hydroxyl groups excluding tert-OH is 3. The van der Waals surface area contributed by atoms with Crippen molar-refractivity contribution >= 4 is 11.8 Å². The van der Waals surface area contributed by atoms with E-state index in [1.54, 1.807) is 58.2 Å². The minimum Gasteiger partial charge on any atom is -0.458 e. The average molecular weight is 1030 g/mol. The zero-order valence-electron chi connectivity index (χ0n) is 43.7. The minimum absolute atomic E-state index is 0.0599. The number of carbonyl (C=O) groups excluding carboxylic acids is 2. The minimum atomic E-state index is -2.05. The van der Waals surface area contributed by atoms with E-state index in [2.05, 4.69) is 6.92 Å².